The molecular weight excluding hydrogens is 386 g/mol. The van der Waals surface area contributed by atoms with Crippen LogP contribution in [0.15, 0.2) is 35.1 Å². The largest absolute Gasteiger partial charge is 0.381 e. The predicted molar refractivity (Wildman–Crippen MR) is 117 cm³/mol. The minimum Gasteiger partial charge on any atom is -0.381 e. The van der Waals surface area contributed by atoms with Crippen molar-refractivity contribution >= 4 is 27.5 Å². The van der Waals surface area contributed by atoms with Gasteiger partial charge in [0, 0.05) is 26.2 Å². The molecule has 0 bridgehead atoms. The molecule has 0 unspecified atom stereocenters. The second-order valence-electron chi connectivity index (χ2n) is 7.49. The van der Waals surface area contributed by atoms with Gasteiger partial charge in [-0.3, -0.25) is 9.59 Å². The molecule has 29 heavy (non-hydrogen) atoms. The second-order valence-corrected chi connectivity index (χ2v) is 8.49. The van der Waals surface area contributed by atoms with Gasteiger partial charge in [-0.2, -0.15) is 0 Å². The van der Waals surface area contributed by atoms with Gasteiger partial charge in [-0.1, -0.05) is 44.2 Å². The average Bonchev–Trinajstić information content (AvgIpc) is 3.02. The van der Waals surface area contributed by atoms with Crippen molar-refractivity contribution in [1.82, 2.24) is 15.3 Å². The molecular formula is C22H27N3O3S. The molecule has 1 aromatic carbocycles. The number of nitrogens with zero attached hydrogens (tertiary/aromatic N) is 1. The standard InChI is InChI=1S/C22H27N3O3S/c1-14(2)13-28-11-7-10-23-21(27)19-15(3)18-20(26)24-17(25-22(18)29-19)12-16-8-5-4-6-9-16/h4-6,8-9,14H,7,10-13H2,1-3H3,(H,23,27)(H,24,25,26). The van der Waals surface area contributed by atoms with E-state index in [0.29, 0.717) is 52.0 Å². The van der Waals surface area contributed by atoms with Crippen LogP contribution in [0.1, 0.15) is 46.9 Å². The molecule has 0 saturated heterocycles. The fraction of sp³-hybridized carbons (Fsp3) is 0.409. The van der Waals surface area contributed by atoms with Gasteiger partial charge in [-0.25, -0.2) is 4.98 Å². The Kier molecular flexibility index (Phi) is 7.17. The molecule has 7 heteroatoms. The summed E-state index contributed by atoms with van der Waals surface area (Å²) < 4.78 is 5.53. The van der Waals surface area contributed by atoms with Crippen LogP contribution >= 0.6 is 11.3 Å². The van der Waals surface area contributed by atoms with Crippen LogP contribution in [0.4, 0.5) is 0 Å². The van der Waals surface area contributed by atoms with Crippen LogP contribution < -0.4 is 10.9 Å². The van der Waals surface area contributed by atoms with Gasteiger partial charge in [-0.05, 0) is 30.4 Å². The first kappa shape index (κ1) is 21.2. The third-order valence-corrected chi connectivity index (χ3v) is 5.66. The van der Waals surface area contributed by atoms with Crippen molar-refractivity contribution < 1.29 is 9.53 Å². The zero-order valence-electron chi connectivity index (χ0n) is 17.1. The topological polar surface area (TPSA) is 84.1 Å². The normalized spacial score (nSPS) is 11.3. The SMILES string of the molecule is Cc1c(C(=O)NCCCOCC(C)C)sc2nc(Cc3ccccc3)[nH]c(=O)c12. The highest BCUT2D eigenvalue weighted by Gasteiger charge is 2.19. The molecule has 3 aromatic rings. The molecule has 2 aromatic heterocycles. The molecule has 0 spiro atoms. The molecule has 0 saturated carbocycles. The summed E-state index contributed by atoms with van der Waals surface area (Å²) in [6.45, 7) is 7.89. The average molecular weight is 414 g/mol. The summed E-state index contributed by atoms with van der Waals surface area (Å²) in [5, 5.41) is 3.41. The first-order chi connectivity index (χ1) is 14.0. The Hall–Kier alpha value is -2.51. The Morgan fingerprint density at radius 2 is 2.03 bits per heavy atom. The number of carbonyl (C=O) groups excluding carboxylic acids is 1. The number of H-pyrrole nitrogens is 1. The summed E-state index contributed by atoms with van der Waals surface area (Å²) in [4.78, 5) is 33.8. The monoisotopic (exact) mass is 413 g/mol. The van der Waals surface area contributed by atoms with Crippen molar-refractivity contribution in [3.63, 3.8) is 0 Å². The van der Waals surface area contributed by atoms with Crippen molar-refractivity contribution in [3.05, 3.63) is 62.5 Å². The lowest BCUT2D eigenvalue weighted by Crippen LogP contribution is -2.25. The van der Waals surface area contributed by atoms with Crippen molar-refractivity contribution in [1.29, 1.82) is 0 Å². The van der Waals surface area contributed by atoms with Gasteiger partial charge in [-0.15, -0.1) is 11.3 Å². The molecule has 154 valence electrons. The van der Waals surface area contributed by atoms with Gasteiger partial charge >= 0.3 is 0 Å². The van der Waals surface area contributed by atoms with Gasteiger partial charge < -0.3 is 15.0 Å². The van der Waals surface area contributed by atoms with Gasteiger partial charge in [0.15, 0.2) is 0 Å². The van der Waals surface area contributed by atoms with E-state index in [-0.39, 0.29) is 11.5 Å². The van der Waals surface area contributed by atoms with E-state index in [2.05, 4.69) is 29.1 Å². The van der Waals surface area contributed by atoms with E-state index in [1.807, 2.05) is 30.3 Å². The summed E-state index contributed by atoms with van der Waals surface area (Å²) in [7, 11) is 0. The molecule has 2 N–H and O–H groups in total. The zero-order valence-corrected chi connectivity index (χ0v) is 17.9. The van der Waals surface area contributed by atoms with Gasteiger partial charge in [0.2, 0.25) is 0 Å². The van der Waals surface area contributed by atoms with Crippen LogP contribution in [0.3, 0.4) is 0 Å². The van der Waals surface area contributed by atoms with E-state index in [1.165, 1.54) is 11.3 Å². The predicted octanol–water partition coefficient (Wildman–Crippen LogP) is 3.68. The van der Waals surface area contributed by atoms with Crippen LogP contribution in [-0.2, 0) is 11.2 Å². The number of benzene rings is 1. The molecule has 0 fully saturated rings. The summed E-state index contributed by atoms with van der Waals surface area (Å²) in [5.41, 5.74) is 1.55. The second kappa shape index (κ2) is 9.80. The molecule has 0 radical (unpaired) electrons. The maximum atomic E-state index is 12.6. The van der Waals surface area contributed by atoms with E-state index in [1.54, 1.807) is 6.92 Å². The quantitative estimate of drug-likeness (QED) is 0.524. The number of hydrogen-bond acceptors (Lipinski definition) is 5. The summed E-state index contributed by atoms with van der Waals surface area (Å²) >= 11 is 1.27. The summed E-state index contributed by atoms with van der Waals surface area (Å²) in [6.07, 6.45) is 1.29. The van der Waals surface area contributed by atoms with Crippen LogP contribution in [-0.4, -0.2) is 35.6 Å². The Morgan fingerprint density at radius 3 is 2.76 bits per heavy atom. The zero-order chi connectivity index (χ0) is 20.8. The number of rotatable bonds is 9. The lowest BCUT2D eigenvalue weighted by atomic mass is 10.1. The van der Waals surface area contributed by atoms with Crippen molar-refractivity contribution in [2.45, 2.75) is 33.6 Å². The Labute approximate surface area is 174 Å². The fourth-order valence-corrected chi connectivity index (χ4v) is 4.17. The van der Waals surface area contributed by atoms with E-state index in [0.717, 1.165) is 18.6 Å². The molecule has 0 aliphatic heterocycles. The number of nitrogens with one attached hydrogen (secondary N) is 2. The van der Waals surface area contributed by atoms with Crippen molar-refractivity contribution in [2.24, 2.45) is 5.92 Å². The first-order valence-electron chi connectivity index (χ1n) is 9.88. The maximum Gasteiger partial charge on any atom is 0.261 e. The van der Waals surface area contributed by atoms with E-state index >= 15 is 0 Å². The first-order valence-corrected chi connectivity index (χ1v) is 10.7. The number of hydrogen-bond donors (Lipinski definition) is 2. The molecule has 0 aliphatic rings. The highest BCUT2D eigenvalue weighted by molar-refractivity contribution is 7.20. The summed E-state index contributed by atoms with van der Waals surface area (Å²) in [5.74, 6) is 0.936. The molecule has 6 nitrogen and oxygen atoms in total. The number of aromatic nitrogens is 2. The van der Waals surface area contributed by atoms with E-state index in [9.17, 15) is 9.59 Å². The van der Waals surface area contributed by atoms with Crippen LogP contribution in [0.5, 0.6) is 0 Å². The van der Waals surface area contributed by atoms with Gasteiger partial charge in [0.05, 0.1) is 10.3 Å². The minimum atomic E-state index is -0.198. The number of fused-ring (bicyclic) bond motifs is 1. The van der Waals surface area contributed by atoms with Crippen LogP contribution in [0.2, 0.25) is 0 Å². The third-order valence-electron chi connectivity index (χ3n) is 4.47. The number of carbonyl (C=O) groups is 1. The molecule has 0 aliphatic carbocycles. The molecule has 3 rings (SSSR count). The molecule has 2 heterocycles. The number of ether oxygens (including phenoxy) is 1. The highest BCUT2D eigenvalue weighted by atomic mass is 32.1. The molecule has 1 amide bonds. The number of amides is 1. The fourth-order valence-electron chi connectivity index (χ4n) is 3.05. The van der Waals surface area contributed by atoms with E-state index < -0.39 is 0 Å². The molecule has 0 atom stereocenters. The Balaban J connectivity index is 1.69. The third kappa shape index (κ3) is 5.52. The number of aryl methyl sites for hydroxylation is 1. The van der Waals surface area contributed by atoms with Gasteiger partial charge in [0.25, 0.3) is 11.5 Å². The summed E-state index contributed by atoms with van der Waals surface area (Å²) in [6, 6.07) is 9.85. The lowest BCUT2D eigenvalue weighted by molar-refractivity contribution is 0.0928. The van der Waals surface area contributed by atoms with Crippen molar-refractivity contribution in [3.8, 4) is 0 Å². The minimum absolute atomic E-state index is 0.168. The number of aromatic amines is 1. The lowest BCUT2D eigenvalue weighted by Gasteiger charge is -2.07. The van der Waals surface area contributed by atoms with Gasteiger partial charge in [0.1, 0.15) is 10.7 Å². The smallest absolute Gasteiger partial charge is 0.261 e. The Morgan fingerprint density at radius 1 is 1.28 bits per heavy atom. The number of thiophene rings is 1. The Bertz CT molecular complexity index is 1020. The maximum absolute atomic E-state index is 12.6. The van der Waals surface area contributed by atoms with Crippen molar-refractivity contribution in [2.75, 3.05) is 19.8 Å². The highest BCUT2D eigenvalue weighted by Crippen LogP contribution is 2.27. The van der Waals surface area contributed by atoms with E-state index in [4.69, 9.17) is 4.74 Å². The van der Waals surface area contributed by atoms with Crippen LogP contribution in [0, 0.1) is 12.8 Å². The van der Waals surface area contributed by atoms with Crippen LogP contribution in [0.25, 0.3) is 10.2 Å².